The van der Waals surface area contributed by atoms with Crippen LogP contribution in [0.25, 0.3) is 0 Å². The zero-order valence-electron chi connectivity index (χ0n) is 21.9. The average Bonchev–Trinajstić information content (AvgIpc) is 2.93. The Kier molecular flexibility index (Phi) is 10.8. The summed E-state index contributed by atoms with van der Waals surface area (Å²) in [7, 11) is -1.23. The summed E-state index contributed by atoms with van der Waals surface area (Å²) in [6.45, 7) is 2.80. The summed E-state index contributed by atoms with van der Waals surface area (Å²) in [5.74, 6) is 0.431. The highest BCUT2D eigenvalue weighted by Crippen LogP contribution is 2.21. The fraction of sp³-hybridized carbons (Fsp3) is 0.308. The Bertz CT molecular complexity index is 1340. The van der Waals surface area contributed by atoms with Crippen molar-refractivity contribution in [1.82, 2.24) is 15.3 Å². The van der Waals surface area contributed by atoms with E-state index in [0.717, 1.165) is 12.8 Å². The maximum atomic E-state index is 12.8. The van der Waals surface area contributed by atoms with Gasteiger partial charge in [0.05, 0.1) is 25.7 Å². The minimum atomic E-state index is -3.97. The maximum Gasteiger partial charge on any atom is 0.321 e. The van der Waals surface area contributed by atoms with Gasteiger partial charge in [0, 0.05) is 17.3 Å². The molecule has 0 radical (unpaired) electrons. The third-order valence-corrected chi connectivity index (χ3v) is 6.92. The zero-order chi connectivity index (χ0) is 28.3. The second kappa shape index (κ2) is 14.3. The first kappa shape index (κ1) is 29.6. The number of benzene rings is 2. The van der Waals surface area contributed by atoms with Crippen molar-refractivity contribution in [2.75, 3.05) is 30.9 Å². The summed E-state index contributed by atoms with van der Waals surface area (Å²) in [4.78, 5) is 20.4. The normalized spacial score (nSPS) is 10.8. The van der Waals surface area contributed by atoms with E-state index in [1.165, 1.54) is 57.4 Å². The highest BCUT2D eigenvalue weighted by molar-refractivity contribution is 7.92. The van der Waals surface area contributed by atoms with Crippen molar-refractivity contribution in [2.45, 2.75) is 37.5 Å². The maximum absolute atomic E-state index is 12.8. The van der Waals surface area contributed by atoms with Crippen LogP contribution in [-0.2, 0) is 10.0 Å². The minimum absolute atomic E-state index is 0.0173. The molecule has 3 N–H and O–H groups in total. The molecule has 0 saturated carbocycles. The van der Waals surface area contributed by atoms with Crippen molar-refractivity contribution in [3.05, 3.63) is 60.2 Å². The molecule has 1 heterocycles. The lowest BCUT2D eigenvalue weighted by atomic mass is 10.2. The summed E-state index contributed by atoms with van der Waals surface area (Å²) >= 11 is 5.23. The molecule has 1 aromatic heterocycles. The van der Waals surface area contributed by atoms with Crippen molar-refractivity contribution in [3.63, 3.8) is 0 Å². The Hall–Kier alpha value is -3.97. The van der Waals surface area contributed by atoms with Crippen molar-refractivity contribution >= 4 is 44.8 Å². The summed E-state index contributed by atoms with van der Waals surface area (Å²) in [5.41, 5.74) is 0.902. The molecule has 11 nitrogen and oxygen atoms in total. The van der Waals surface area contributed by atoms with Crippen LogP contribution in [0.5, 0.6) is 17.6 Å². The highest BCUT2D eigenvalue weighted by Gasteiger charge is 2.17. The number of hydrogen-bond donors (Lipinski definition) is 3. The molecule has 3 aromatic rings. The van der Waals surface area contributed by atoms with Crippen LogP contribution in [0.1, 0.15) is 43.0 Å². The van der Waals surface area contributed by atoms with E-state index in [2.05, 4.69) is 32.2 Å². The first-order valence-corrected chi connectivity index (χ1v) is 14.1. The van der Waals surface area contributed by atoms with Gasteiger partial charge in [-0.15, -0.1) is 0 Å². The van der Waals surface area contributed by atoms with Gasteiger partial charge in [0.2, 0.25) is 5.88 Å². The van der Waals surface area contributed by atoms with Gasteiger partial charge in [-0.25, -0.2) is 8.42 Å². The smallest absolute Gasteiger partial charge is 0.321 e. The quantitative estimate of drug-likeness (QED) is 0.199. The first-order chi connectivity index (χ1) is 18.7. The summed E-state index contributed by atoms with van der Waals surface area (Å²) in [5, 5.41) is 5.53. The van der Waals surface area contributed by atoms with E-state index in [0.29, 0.717) is 23.6 Å². The van der Waals surface area contributed by atoms with Crippen LogP contribution >= 0.6 is 12.2 Å². The van der Waals surface area contributed by atoms with E-state index >= 15 is 0 Å². The van der Waals surface area contributed by atoms with Gasteiger partial charge in [-0.2, -0.15) is 9.97 Å². The molecule has 0 bridgehead atoms. The third-order valence-electron chi connectivity index (χ3n) is 5.35. The lowest BCUT2D eigenvalue weighted by Gasteiger charge is -2.12. The number of carbonyl (C=O) groups is 1. The zero-order valence-corrected chi connectivity index (χ0v) is 23.5. The van der Waals surface area contributed by atoms with Crippen LogP contribution < -0.4 is 29.6 Å². The molecule has 0 aliphatic carbocycles. The second-order valence-corrected chi connectivity index (χ2v) is 10.3. The van der Waals surface area contributed by atoms with Crippen LogP contribution in [-0.4, -0.2) is 50.2 Å². The van der Waals surface area contributed by atoms with Crippen LogP contribution in [0.4, 0.5) is 11.5 Å². The van der Waals surface area contributed by atoms with Crippen LogP contribution in [0, 0.1) is 0 Å². The Morgan fingerprint density at radius 3 is 2.31 bits per heavy atom. The Labute approximate surface area is 233 Å². The van der Waals surface area contributed by atoms with Crippen molar-refractivity contribution in [2.24, 2.45) is 0 Å². The fourth-order valence-corrected chi connectivity index (χ4v) is 4.53. The van der Waals surface area contributed by atoms with Crippen molar-refractivity contribution in [3.8, 4) is 17.6 Å². The van der Waals surface area contributed by atoms with Gasteiger partial charge < -0.3 is 19.5 Å². The summed E-state index contributed by atoms with van der Waals surface area (Å²) in [6.07, 6.45) is 4.48. The number of amides is 1. The SMILES string of the molecule is CCCCCCOc1ccc(C(=O)NC(=S)Nc2ccc(S(=O)(=O)Nc3cc(OC)nc(OC)n3)cc2)cc1. The predicted octanol–water partition coefficient (Wildman–Crippen LogP) is 4.38. The molecule has 0 spiro atoms. The molecule has 0 atom stereocenters. The van der Waals surface area contributed by atoms with Gasteiger partial charge >= 0.3 is 6.01 Å². The number of nitrogens with zero attached hydrogens (tertiary/aromatic N) is 2. The Morgan fingerprint density at radius 1 is 0.949 bits per heavy atom. The molecule has 0 aliphatic rings. The number of methoxy groups -OCH3 is 2. The average molecular weight is 574 g/mol. The molecule has 1 amide bonds. The lowest BCUT2D eigenvalue weighted by Crippen LogP contribution is -2.34. The minimum Gasteiger partial charge on any atom is -0.494 e. The number of aromatic nitrogens is 2. The summed E-state index contributed by atoms with van der Waals surface area (Å²) < 4.78 is 43.6. The number of hydrogen-bond acceptors (Lipinski definition) is 9. The topological polar surface area (TPSA) is 141 Å². The number of carbonyl (C=O) groups excluding carboxylic acids is 1. The van der Waals surface area contributed by atoms with Gasteiger partial charge in [-0.05, 0) is 67.2 Å². The molecule has 3 rings (SSSR count). The van der Waals surface area contributed by atoms with Gasteiger partial charge in [0.15, 0.2) is 10.9 Å². The van der Waals surface area contributed by atoms with Gasteiger partial charge in [0.25, 0.3) is 15.9 Å². The van der Waals surface area contributed by atoms with Crippen molar-refractivity contribution in [1.29, 1.82) is 0 Å². The van der Waals surface area contributed by atoms with Crippen molar-refractivity contribution < 1.29 is 27.4 Å². The fourth-order valence-electron chi connectivity index (χ4n) is 3.32. The molecular weight excluding hydrogens is 542 g/mol. The predicted molar refractivity (Wildman–Crippen MR) is 152 cm³/mol. The number of anilines is 2. The van der Waals surface area contributed by atoms with E-state index in [9.17, 15) is 13.2 Å². The monoisotopic (exact) mass is 573 g/mol. The standard InChI is InChI=1S/C26H31N5O6S2/c1-4-5-6-7-16-37-20-12-8-18(9-13-20)24(32)30-26(38)27-19-10-14-21(15-11-19)39(33,34)31-22-17-23(35-2)29-25(28-22)36-3/h8-15,17H,4-7,16H2,1-3H3,(H,28,29,31)(H2,27,30,32,38). The number of sulfonamides is 1. The lowest BCUT2D eigenvalue weighted by molar-refractivity contribution is 0.0977. The second-order valence-electron chi connectivity index (χ2n) is 8.25. The van der Waals surface area contributed by atoms with E-state index < -0.39 is 10.0 Å². The number of nitrogens with one attached hydrogen (secondary N) is 3. The molecule has 13 heteroatoms. The molecule has 0 unspecified atom stereocenters. The molecule has 2 aromatic carbocycles. The van der Waals surface area contributed by atoms with E-state index in [-0.39, 0.29) is 33.6 Å². The van der Waals surface area contributed by atoms with E-state index in [1.807, 2.05) is 0 Å². The van der Waals surface area contributed by atoms with Crippen LogP contribution in [0.2, 0.25) is 0 Å². The number of thiocarbonyl (C=S) groups is 1. The third kappa shape index (κ3) is 9.07. The van der Waals surface area contributed by atoms with Crippen LogP contribution in [0.3, 0.4) is 0 Å². The number of rotatable bonds is 13. The molecular formula is C26H31N5O6S2. The van der Waals surface area contributed by atoms with E-state index in [4.69, 9.17) is 26.4 Å². The van der Waals surface area contributed by atoms with Gasteiger partial charge in [-0.1, -0.05) is 26.2 Å². The highest BCUT2D eigenvalue weighted by atomic mass is 32.2. The van der Waals surface area contributed by atoms with Gasteiger partial charge in [0.1, 0.15) is 5.75 Å². The van der Waals surface area contributed by atoms with Crippen LogP contribution in [0.15, 0.2) is 59.5 Å². The Balaban J connectivity index is 1.54. The number of ether oxygens (including phenoxy) is 3. The van der Waals surface area contributed by atoms with E-state index in [1.54, 1.807) is 24.3 Å². The first-order valence-electron chi connectivity index (χ1n) is 12.2. The largest absolute Gasteiger partial charge is 0.494 e. The molecule has 0 saturated heterocycles. The molecule has 39 heavy (non-hydrogen) atoms. The Morgan fingerprint density at radius 2 is 1.67 bits per heavy atom. The van der Waals surface area contributed by atoms with Gasteiger partial charge in [-0.3, -0.25) is 14.8 Å². The molecule has 0 aliphatic heterocycles. The molecule has 0 fully saturated rings. The number of unbranched alkanes of at least 4 members (excludes halogenated alkanes) is 3. The summed E-state index contributed by atoms with van der Waals surface area (Å²) in [6, 6.07) is 13.9. The molecule has 208 valence electrons.